The lowest BCUT2D eigenvalue weighted by Gasteiger charge is -2.22. The van der Waals surface area contributed by atoms with Gasteiger partial charge in [-0.2, -0.15) is 0 Å². The molecule has 0 aromatic carbocycles. The fourth-order valence-electron chi connectivity index (χ4n) is 0.783. The molecule has 0 rings (SSSR count). The first-order chi connectivity index (χ1) is 5.37. The lowest BCUT2D eigenvalue weighted by atomic mass is 10.1. The first-order valence-corrected chi connectivity index (χ1v) is 3.56. The van der Waals surface area contributed by atoms with E-state index in [4.69, 9.17) is 5.73 Å². The van der Waals surface area contributed by atoms with Crippen LogP contribution in [-0.2, 0) is 9.53 Å². The largest absolute Gasteiger partial charge is 0.443 e. The molecule has 0 bridgehead atoms. The van der Waals surface area contributed by atoms with Crippen LogP contribution in [0.3, 0.4) is 0 Å². The lowest BCUT2D eigenvalue weighted by Crippen LogP contribution is -2.36. The highest BCUT2D eigenvalue weighted by molar-refractivity contribution is 5.77. The highest BCUT2D eigenvalue weighted by atomic mass is 16.6. The molecule has 0 heterocycles. The van der Waals surface area contributed by atoms with Gasteiger partial charge < -0.3 is 15.8 Å². The molecule has 0 aliphatic rings. The normalized spacial score (nSPS) is 10.6. The summed E-state index contributed by atoms with van der Waals surface area (Å²) in [6.45, 7) is 3.24. The monoisotopic (exact) mass is 174 g/mol. The van der Waals surface area contributed by atoms with Crippen LogP contribution >= 0.6 is 0 Å². The first kappa shape index (κ1) is 10.7. The van der Waals surface area contributed by atoms with E-state index in [9.17, 15) is 9.59 Å². The molecular weight excluding hydrogens is 160 g/mol. The third-order valence-electron chi connectivity index (χ3n) is 1.24. The highest BCUT2D eigenvalue weighted by Gasteiger charge is 2.24. The fourth-order valence-corrected chi connectivity index (χ4v) is 0.783. The number of amides is 2. The van der Waals surface area contributed by atoms with Crippen molar-refractivity contribution in [2.45, 2.75) is 25.9 Å². The van der Waals surface area contributed by atoms with E-state index in [2.05, 4.69) is 10.1 Å². The van der Waals surface area contributed by atoms with Crippen molar-refractivity contribution in [3.8, 4) is 0 Å². The van der Waals surface area contributed by atoms with Crippen molar-refractivity contribution < 1.29 is 14.3 Å². The van der Waals surface area contributed by atoms with Crippen molar-refractivity contribution in [2.24, 2.45) is 5.73 Å². The van der Waals surface area contributed by atoms with Crippen LogP contribution < -0.4 is 11.1 Å². The van der Waals surface area contributed by atoms with Gasteiger partial charge in [0.15, 0.2) is 0 Å². The minimum atomic E-state index is -0.871. The number of rotatable bonds is 3. The predicted molar refractivity (Wildman–Crippen MR) is 43.4 cm³/mol. The maximum absolute atomic E-state index is 10.9. The van der Waals surface area contributed by atoms with Gasteiger partial charge in [0.2, 0.25) is 5.91 Å². The molecule has 70 valence electrons. The molecule has 12 heavy (non-hydrogen) atoms. The minimum absolute atomic E-state index is 0.104. The smallest absolute Gasteiger partial charge is 0.405 e. The molecule has 0 aliphatic heterocycles. The molecule has 0 spiro atoms. The molecule has 5 nitrogen and oxygen atoms in total. The summed E-state index contributed by atoms with van der Waals surface area (Å²) in [5.74, 6) is -0.193. The van der Waals surface area contributed by atoms with E-state index in [1.54, 1.807) is 13.8 Å². The molecule has 0 aromatic heterocycles. The zero-order valence-electron chi connectivity index (χ0n) is 7.51. The third-order valence-corrected chi connectivity index (χ3v) is 1.24. The van der Waals surface area contributed by atoms with E-state index in [0.29, 0.717) is 0 Å². The maximum atomic E-state index is 10.9. The first-order valence-electron chi connectivity index (χ1n) is 3.56. The Labute approximate surface area is 71.3 Å². The Morgan fingerprint density at radius 1 is 1.50 bits per heavy atom. The number of ether oxygens (including phenoxy) is 1. The van der Waals surface area contributed by atoms with Gasteiger partial charge in [-0.25, -0.2) is 4.79 Å². The number of primary amides is 1. The molecule has 0 saturated carbocycles. The predicted octanol–water partition coefficient (Wildman–Crippen LogP) is -0.00360. The van der Waals surface area contributed by atoms with Crippen LogP contribution in [0.15, 0.2) is 0 Å². The summed E-state index contributed by atoms with van der Waals surface area (Å²) in [5, 5.41) is 2.42. The second-order valence-electron chi connectivity index (χ2n) is 3.03. The van der Waals surface area contributed by atoms with Crippen LogP contribution in [0.25, 0.3) is 0 Å². The second-order valence-corrected chi connectivity index (χ2v) is 3.03. The number of hydrogen-bond acceptors (Lipinski definition) is 3. The standard InChI is InChI=1S/C7H14N2O3/c1-7(2,12-6(8)11)4-5(10)9-3/h4H2,1-3H3,(H2,8,11)(H,9,10). The van der Waals surface area contributed by atoms with E-state index in [0.717, 1.165) is 0 Å². The topological polar surface area (TPSA) is 81.4 Å². The molecule has 0 aliphatic carbocycles. The van der Waals surface area contributed by atoms with Crippen molar-refractivity contribution in [2.75, 3.05) is 7.05 Å². The number of carbonyl (C=O) groups is 2. The van der Waals surface area contributed by atoms with Crippen LogP contribution in [0.1, 0.15) is 20.3 Å². The van der Waals surface area contributed by atoms with Gasteiger partial charge in [-0.15, -0.1) is 0 Å². The summed E-state index contributed by atoms with van der Waals surface area (Å²) in [7, 11) is 1.52. The van der Waals surface area contributed by atoms with Crippen molar-refractivity contribution >= 4 is 12.0 Å². The average Bonchev–Trinajstić information content (AvgIpc) is 1.83. The van der Waals surface area contributed by atoms with Crippen LogP contribution in [0, 0.1) is 0 Å². The van der Waals surface area contributed by atoms with Crippen LogP contribution in [-0.4, -0.2) is 24.6 Å². The number of nitrogens with two attached hydrogens (primary N) is 1. The Morgan fingerprint density at radius 2 is 2.00 bits per heavy atom. The Morgan fingerprint density at radius 3 is 2.33 bits per heavy atom. The third kappa shape index (κ3) is 4.54. The molecule has 3 N–H and O–H groups in total. The van der Waals surface area contributed by atoms with Gasteiger partial charge in [-0.05, 0) is 13.8 Å². The van der Waals surface area contributed by atoms with E-state index < -0.39 is 11.7 Å². The van der Waals surface area contributed by atoms with Gasteiger partial charge in [0.05, 0.1) is 6.42 Å². The van der Waals surface area contributed by atoms with Crippen LogP contribution in [0.2, 0.25) is 0 Å². The summed E-state index contributed by atoms with van der Waals surface area (Å²) < 4.78 is 4.69. The molecule has 0 radical (unpaired) electrons. The quantitative estimate of drug-likeness (QED) is 0.631. The number of nitrogens with one attached hydrogen (secondary N) is 1. The Hall–Kier alpha value is -1.26. The van der Waals surface area contributed by atoms with Crippen molar-refractivity contribution in [3.05, 3.63) is 0 Å². The molecule has 0 atom stereocenters. The zero-order chi connectivity index (χ0) is 9.78. The van der Waals surface area contributed by atoms with Gasteiger partial charge in [-0.3, -0.25) is 4.79 Å². The number of hydrogen-bond donors (Lipinski definition) is 2. The van der Waals surface area contributed by atoms with Crippen molar-refractivity contribution in [1.29, 1.82) is 0 Å². The lowest BCUT2D eigenvalue weighted by molar-refractivity contribution is -0.124. The Kier molecular flexibility index (Phi) is 3.53. The second kappa shape index (κ2) is 3.94. The summed E-state index contributed by atoms with van der Waals surface area (Å²) in [4.78, 5) is 21.2. The molecule has 5 heteroatoms. The van der Waals surface area contributed by atoms with Gasteiger partial charge in [0, 0.05) is 7.05 Å². The SMILES string of the molecule is CNC(=O)CC(C)(C)OC(N)=O. The summed E-state index contributed by atoms with van der Waals surface area (Å²) in [5.41, 5.74) is 3.96. The van der Waals surface area contributed by atoms with Gasteiger partial charge >= 0.3 is 6.09 Å². The van der Waals surface area contributed by atoms with Crippen LogP contribution in [0.4, 0.5) is 4.79 Å². The van der Waals surface area contributed by atoms with Crippen LogP contribution in [0.5, 0.6) is 0 Å². The Bertz CT molecular complexity index is 189. The maximum Gasteiger partial charge on any atom is 0.405 e. The molecule has 2 amide bonds. The van der Waals surface area contributed by atoms with Crippen molar-refractivity contribution in [3.63, 3.8) is 0 Å². The summed E-state index contributed by atoms with van der Waals surface area (Å²) in [6, 6.07) is 0. The van der Waals surface area contributed by atoms with E-state index in [-0.39, 0.29) is 12.3 Å². The summed E-state index contributed by atoms with van der Waals surface area (Å²) >= 11 is 0. The van der Waals surface area contributed by atoms with E-state index in [1.165, 1.54) is 7.05 Å². The summed E-state index contributed by atoms with van der Waals surface area (Å²) in [6.07, 6.45) is -0.768. The minimum Gasteiger partial charge on any atom is -0.443 e. The molecule has 0 fully saturated rings. The Balaban J connectivity index is 4.03. The van der Waals surface area contributed by atoms with Gasteiger partial charge in [0.25, 0.3) is 0 Å². The number of carbonyl (C=O) groups excluding carboxylic acids is 2. The zero-order valence-corrected chi connectivity index (χ0v) is 7.51. The molecule has 0 aromatic rings. The van der Waals surface area contributed by atoms with Crippen molar-refractivity contribution in [1.82, 2.24) is 5.32 Å². The molecule has 0 unspecified atom stereocenters. The van der Waals surface area contributed by atoms with Gasteiger partial charge in [-0.1, -0.05) is 0 Å². The van der Waals surface area contributed by atoms with Gasteiger partial charge in [0.1, 0.15) is 5.60 Å². The fraction of sp³-hybridized carbons (Fsp3) is 0.714. The highest BCUT2D eigenvalue weighted by Crippen LogP contribution is 2.13. The van der Waals surface area contributed by atoms with E-state index in [1.807, 2.05) is 0 Å². The van der Waals surface area contributed by atoms with E-state index >= 15 is 0 Å². The molecule has 0 saturated heterocycles. The molecular formula is C7H14N2O3. The average molecular weight is 174 g/mol.